The van der Waals surface area contributed by atoms with Crippen molar-refractivity contribution in [2.75, 3.05) is 40.0 Å². The number of nitrogens with one attached hydrogen (secondary N) is 2. The van der Waals surface area contributed by atoms with E-state index >= 15 is 0 Å². The summed E-state index contributed by atoms with van der Waals surface area (Å²) in [4.78, 5) is 4.27. The summed E-state index contributed by atoms with van der Waals surface area (Å²) in [5.74, 6) is 0.625. The Kier molecular flexibility index (Phi) is 8.81. The first-order chi connectivity index (χ1) is 13.8. The fraction of sp³-hybridized carbons (Fsp3) is 0.667. The van der Waals surface area contributed by atoms with Gasteiger partial charge < -0.3 is 20.1 Å². The maximum Gasteiger partial charge on any atom is 0.416 e. The highest BCUT2D eigenvalue weighted by Crippen LogP contribution is 2.37. The Labute approximate surface area is 193 Å². The molecule has 170 valence electrons. The minimum Gasteiger partial charge on any atom is -0.381 e. The summed E-state index contributed by atoms with van der Waals surface area (Å²) >= 11 is 0. The maximum atomic E-state index is 13.2. The molecule has 0 spiro atoms. The molecule has 2 aliphatic heterocycles. The van der Waals surface area contributed by atoms with Crippen molar-refractivity contribution in [1.29, 1.82) is 0 Å². The van der Waals surface area contributed by atoms with Crippen LogP contribution in [0.5, 0.6) is 0 Å². The van der Waals surface area contributed by atoms with Gasteiger partial charge in [-0.2, -0.15) is 13.2 Å². The Bertz CT molecular complexity index is 716. The summed E-state index contributed by atoms with van der Waals surface area (Å²) in [6, 6.07) is 5.66. The third kappa shape index (κ3) is 6.23. The van der Waals surface area contributed by atoms with Gasteiger partial charge in [-0.3, -0.25) is 4.99 Å². The monoisotopic (exact) mass is 541 g/mol. The van der Waals surface area contributed by atoms with E-state index in [1.807, 2.05) is 0 Å². The second kappa shape index (κ2) is 10.5. The number of guanidine groups is 1. The van der Waals surface area contributed by atoms with Crippen molar-refractivity contribution < 1.29 is 22.6 Å². The minimum atomic E-state index is -4.36. The van der Waals surface area contributed by atoms with E-state index in [1.54, 1.807) is 13.1 Å². The Hall–Kier alpha value is -1.07. The second-order valence-electron chi connectivity index (χ2n) is 8.15. The summed E-state index contributed by atoms with van der Waals surface area (Å²) in [5.41, 5.74) is -0.584. The van der Waals surface area contributed by atoms with Crippen LogP contribution in [-0.2, 0) is 21.1 Å². The third-order valence-electron chi connectivity index (χ3n) is 6.00. The minimum absolute atomic E-state index is 0. The molecule has 1 unspecified atom stereocenters. The van der Waals surface area contributed by atoms with Crippen molar-refractivity contribution >= 4 is 29.9 Å². The van der Waals surface area contributed by atoms with Crippen LogP contribution in [0, 0.1) is 0 Å². The molecule has 0 aliphatic carbocycles. The topological polar surface area (TPSA) is 54.9 Å². The third-order valence-corrected chi connectivity index (χ3v) is 6.00. The lowest BCUT2D eigenvalue weighted by atomic mass is 9.73. The molecule has 0 aromatic heterocycles. The predicted octanol–water partition coefficient (Wildman–Crippen LogP) is 4.11. The van der Waals surface area contributed by atoms with Gasteiger partial charge in [-0.15, -0.1) is 24.0 Å². The number of hydrogen-bond acceptors (Lipinski definition) is 3. The van der Waals surface area contributed by atoms with E-state index < -0.39 is 17.2 Å². The molecule has 2 heterocycles. The smallest absolute Gasteiger partial charge is 0.381 e. The molecule has 9 heteroatoms. The highest BCUT2D eigenvalue weighted by Gasteiger charge is 2.38. The molecule has 2 saturated heterocycles. The van der Waals surface area contributed by atoms with Crippen LogP contribution in [0.2, 0.25) is 0 Å². The number of nitrogens with zero attached hydrogens (tertiary/aromatic N) is 1. The summed E-state index contributed by atoms with van der Waals surface area (Å²) < 4.78 is 51.0. The molecule has 2 fully saturated rings. The highest BCUT2D eigenvalue weighted by molar-refractivity contribution is 14.0. The van der Waals surface area contributed by atoms with Crippen LogP contribution in [0.25, 0.3) is 0 Å². The predicted molar refractivity (Wildman–Crippen MR) is 122 cm³/mol. The summed E-state index contributed by atoms with van der Waals surface area (Å²) in [6.07, 6.45) is -1.02. The van der Waals surface area contributed by atoms with Gasteiger partial charge in [-0.25, -0.2) is 0 Å². The van der Waals surface area contributed by atoms with Crippen LogP contribution in [0.15, 0.2) is 29.3 Å². The van der Waals surface area contributed by atoms with Gasteiger partial charge in [0.1, 0.15) is 0 Å². The van der Waals surface area contributed by atoms with Crippen LogP contribution < -0.4 is 10.6 Å². The molecule has 5 nitrogen and oxygen atoms in total. The van der Waals surface area contributed by atoms with E-state index in [0.29, 0.717) is 50.7 Å². The van der Waals surface area contributed by atoms with Crippen molar-refractivity contribution in [3.63, 3.8) is 0 Å². The largest absolute Gasteiger partial charge is 0.416 e. The number of rotatable bonds is 5. The van der Waals surface area contributed by atoms with Gasteiger partial charge in [-0.05, 0) is 44.2 Å². The number of ether oxygens (including phenoxy) is 2. The SMILES string of the molecule is CN=C(NCC1(C)CCCO1)NCC1(c2cccc(C(F)(F)F)c2)CCOCC1.I. The molecule has 3 rings (SSSR count). The van der Waals surface area contributed by atoms with Gasteiger partial charge in [0.2, 0.25) is 0 Å². The molecule has 2 aliphatic rings. The first-order valence-corrected chi connectivity index (χ1v) is 10.1. The molecular formula is C21H31F3IN3O2. The molecule has 1 atom stereocenters. The van der Waals surface area contributed by atoms with Gasteiger partial charge in [0.15, 0.2) is 5.96 Å². The summed E-state index contributed by atoms with van der Waals surface area (Å²) in [6.45, 7) is 5.00. The van der Waals surface area contributed by atoms with Gasteiger partial charge >= 0.3 is 6.18 Å². The Morgan fingerprint density at radius 2 is 1.80 bits per heavy atom. The Morgan fingerprint density at radius 3 is 2.40 bits per heavy atom. The van der Waals surface area contributed by atoms with Gasteiger partial charge in [0, 0.05) is 45.4 Å². The molecule has 30 heavy (non-hydrogen) atoms. The van der Waals surface area contributed by atoms with Crippen molar-refractivity contribution in [1.82, 2.24) is 10.6 Å². The van der Waals surface area contributed by atoms with Crippen molar-refractivity contribution in [3.05, 3.63) is 35.4 Å². The van der Waals surface area contributed by atoms with Crippen LogP contribution >= 0.6 is 24.0 Å². The average Bonchev–Trinajstić information content (AvgIpc) is 3.15. The van der Waals surface area contributed by atoms with E-state index in [-0.39, 0.29) is 29.6 Å². The van der Waals surface area contributed by atoms with Gasteiger partial charge in [0.25, 0.3) is 0 Å². The molecule has 1 aromatic carbocycles. The van der Waals surface area contributed by atoms with Gasteiger partial charge in [-0.1, -0.05) is 18.2 Å². The van der Waals surface area contributed by atoms with E-state index in [2.05, 4.69) is 22.5 Å². The van der Waals surface area contributed by atoms with Crippen molar-refractivity contribution in [2.45, 2.75) is 49.8 Å². The molecule has 0 radical (unpaired) electrons. The van der Waals surface area contributed by atoms with E-state index in [0.717, 1.165) is 25.5 Å². The fourth-order valence-corrected chi connectivity index (χ4v) is 4.08. The number of benzene rings is 1. The first kappa shape index (κ1) is 25.2. The highest BCUT2D eigenvalue weighted by atomic mass is 127. The molecule has 2 N–H and O–H groups in total. The van der Waals surface area contributed by atoms with Crippen molar-refractivity contribution in [3.8, 4) is 0 Å². The normalized spacial score (nSPS) is 24.2. The number of alkyl halides is 3. The standard InChI is InChI=1S/C21H30F3N3O2.HI/c1-19(7-4-10-29-19)14-26-18(25-2)27-15-20(8-11-28-12-9-20)16-5-3-6-17(13-16)21(22,23)24;/h3,5-6,13H,4,7-12,14-15H2,1-2H3,(H2,25,26,27);1H. The zero-order valence-electron chi connectivity index (χ0n) is 17.5. The molecule has 0 saturated carbocycles. The number of aliphatic imine (C=N–C) groups is 1. The molecular weight excluding hydrogens is 510 g/mol. The quantitative estimate of drug-likeness (QED) is 0.335. The molecule has 1 aromatic rings. The first-order valence-electron chi connectivity index (χ1n) is 10.1. The lowest BCUT2D eigenvalue weighted by Crippen LogP contribution is -2.50. The van der Waals surface area contributed by atoms with Crippen LogP contribution in [0.4, 0.5) is 13.2 Å². The Morgan fingerprint density at radius 1 is 1.10 bits per heavy atom. The lowest BCUT2D eigenvalue weighted by Gasteiger charge is -2.38. The van der Waals surface area contributed by atoms with E-state index in [9.17, 15) is 13.2 Å². The van der Waals surface area contributed by atoms with Crippen LogP contribution in [0.1, 0.15) is 43.7 Å². The molecule has 0 amide bonds. The number of hydrogen-bond donors (Lipinski definition) is 2. The summed E-state index contributed by atoms with van der Waals surface area (Å²) in [7, 11) is 1.69. The van der Waals surface area contributed by atoms with Gasteiger partial charge in [0.05, 0.1) is 11.2 Å². The number of halogens is 4. The van der Waals surface area contributed by atoms with Crippen molar-refractivity contribution in [2.24, 2.45) is 4.99 Å². The Balaban J connectivity index is 0.00000320. The second-order valence-corrected chi connectivity index (χ2v) is 8.15. The zero-order valence-corrected chi connectivity index (χ0v) is 19.8. The van der Waals surface area contributed by atoms with Crippen LogP contribution in [-0.4, -0.2) is 51.5 Å². The molecule has 0 bridgehead atoms. The van der Waals surface area contributed by atoms with E-state index in [4.69, 9.17) is 9.47 Å². The fourth-order valence-electron chi connectivity index (χ4n) is 4.08. The van der Waals surface area contributed by atoms with Crippen LogP contribution in [0.3, 0.4) is 0 Å². The summed E-state index contributed by atoms with van der Waals surface area (Å²) in [5, 5.41) is 6.62. The zero-order chi connectivity index (χ0) is 21.0. The average molecular weight is 541 g/mol. The maximum absolute atomic E-state index is 13.2. The van der Waals surface area contributed by atoms with E-state index in [1.165, 1.54) is 12.1 Å². The lowest BCUT2D eigenvalue weighted by molar-refractivity contribution is -0.137.